The lowest BCUT2D eigenvalue weighted by Gasteiger charge is -2.29. The SMILES string of the molecule is CC/C=C\C/C=C\C/C=C\C/C=C\C/C=C\C/C=C\CCCCCCCCCCCCCCC(=O)NC(COP(=O)([O-])OCC[N+](C)(C)C)C(O)/C=C/CC/C=C/CCCCCCCCCCCCCCCCCCCCCCCCC. The van der Waals surface area contributed by atoms with E-state index in [1.165, 1.54) is 212 Å². The summed E-state index contributed by atoms with van der Waals surface area (Å²) in [7, 11) is 1.24. The molecular weight excluding hydrogens is 1030 g/mol. The van der Waals surface area contributed by atoms with Crippen molar-refractivity contribution in [3.8, 4) is 0 Å². The zero-order valence-electron chi connectivity index (χ0n) is 54.4. The fourth-order valence-electron chi connectivity index (χ4n) is 9.94. The zero-order valence-corrected chi connectivity index (χ0v) is 55.3. The summed E-state index contributed by atoms with van der Waals surface area (Å²) < 4.78 is 23.4. The van der Waals surface area contributed by atoms with Gasteiger partial charge in [0.15, 0.2) is 0 Å². The molecule has 0 aliphatic carbocycles. The Labute approximate surface area is 509 Å². The largest absolute Gasteiger partial charge is 0.756 e. The highest BCUT2D eigenvalue weighted by Gasteiger charge is 2.23. The Morgan fingerprint density at radius 2 is 0.756 bits per heavy atom. The minimum atomic E-state index is -4.62. The number of hydrogen-bond donors (Lipinski definition) is 2. The van der Waals surface area contributed by atoms with Gasteiger partial charge in [0.25, 0.3) is 7.82 Å². The Balaban J connectivity index is 4.14. The summed E-state index contributed by atoms with van der Waals surface area (Å²) in [5.41, 5.74) is 0. The molecule has 9 heteroatoms. The van der Waals surface area contributed by atoms with Crippen molar-refractivity contribution in [1.29, 1.82) is 0 Å². The van der Waals surface area contributed by atoms with Crippen LogP contribution in [0.1, 0.15) is 309 Å². The molecule has 2 N–H and O–H groups in total. The molecule has 0 fully saturated rings. The fraction of sp³-hybridized carbons (Fsp3) is 0.767. The van der Waals surface area contributed by atoms with Crippen molar-refractivity contribution in [2.75, 3.05) is 40.9 Å². The first-order chi connectivity index (χ1) is 40.0. The van der Waals surface area contributed by atoms with E-state index in [1.54, 1.807) is 6.08 Å². The van der Waals surface area contributed by atoms with Gasteiger partial charge in [-0.2, -0.15) is 0 Å². The minimum absolute atomic E-state index is 0.0101. The second kappa shape index (κ2) is 62.9. The highest BCUT2D eigenvalue weighted by atomic mass is 31.2. The van der Waals surface area contributed by atoms with Crippen LogP contribution in [0.2, 0.25) is 0 Å². The second-order valence-electron chi connectivity index (χ2n) is 24.5. The lowest BCUT2D eigenvalue weighted by atomic mass is 10.0. The Morgan fingerprint density at radius 1 is 0.439 bits per heavy atom. The van der Waals surface area contributed by atoms with Crippen LogP contribution in [0.5, 0.6) is 0 Å². The Morgan fingerprint density at radius 3 is 1.13 bits per heavy atom. The van der Waals surface area contributed by atoms with Crippen LogP contribution >= 0.6 is 7.82 Å². The number of rotatable bonds is 63. The van der Waals surface area contributed by atoms with Gasteiger partial charge in [-0.3, -0.25) is 9.36 Å². The molecule has 0 radical (unpaired) electrons. The third kappa shape index (κ3) is 65.0. The molecule has 0 heterocycles. The van der Waals surface area contributed by atoms with E-state index >= 15 is 0 Å². The summed E-state index contributed by atoms with van der Waals surface area (Å²) in [6, 6.07) is -0.912. The summed E-state index contributed by atoms with van der Waals surface area (Å²) >= 11 is 0. The summed E-state index contributed by atoms with van der Waals surface area (Å²) in [5, 5.41) is 13.9. The van der Waals surface area contributed by atoms with Gasteiger partial charge in [-0.05, 0) is 83.5 Å². The first kappa shape index (κ1) is 79.4. The number of aliphatic hydroxyl groups is 1. The van der Waals surface area contributed by atoms with Gasteiger partial charge < -0.3 is 28.8 Å². The summed E-state index contributed by atoms with van der Waals surface area (Å²) in [6.07, 6.45) is 91.0. The van der Waals surface area contributed by atoms with Crippen LogP contribution in [0.4, 0.5) is 0 Å². The quantitative estimate of drug-likeness (QED) is 0.0272. The summed E-state index contributed by atoms with van der Waals surface area (Å²) in [6.45, 7) is 4.54. The van der Waals surface area contributed by atoms with Crippen LogP contribution in [-0.2, 0) is 18.4 Å². The fourth-order valence-corrected chi connectivity index (χ4v) is 10.7. The van der Waals surface area contributed by atoms with Gasteiger partial charge in [0, 0.05) is 6.42 Å². The van der Waals surface area contributed by atoms with Crippen LogP contribution in [0.15, 0.2) is 97.2 Å². The molecule has 0 aliphatic heterocycles. The molecule has 82 heavy (non-hydrogen) atoms. The molecule has 0 aromatic carbocycles. The first-order valence-electron chi connectivity index (χ1n) is 34.6. The Bertz CT molecular complexity index is 1660. The number of carbonyl (C=O) groups is 1. The smallest absolute Gasteiger partial charge is 0.268 e. The van der Waals surface area contributed by atoms with Crippen LogP contribution < -0.4 is 10.2 Å². The number of amides is 1. The summed E-state index contributed by atoms with van der Waals surface area (Å²) in [5.74, 6) is -0.210. The highest BCUT2D eigenvalue weighted by molar-refractivity contribution is 7.45. The molecule has 0 spiro atoms. The first-order valence-corrected chi connectivity index (χ1v) is 36.1. The lowest BCUT2D eigenvalue weighted by molar-refractivity contribution is -0.870. The van der Waals surface area contributed by atoms with Gasteiger partial charge in [0.2, 0.25) is 5.91 Å². The van der Waals surface area contributed by atoms with Gasteiger partial charge in [-0.1, -0.05) is 317 Å². The molecule has 476 valence electrons. The average molecular weight is 1170 g/mol. The molecule has 0 rings (SSSR count). The number of hydrogen-bond acceptors (Lipinski definition) is 6. The van der Waals surface area contributed by atoms with Crippen molar-refractivity contribution in [2.45, 2.75) is 321 Å². The van der Waals surface area contributed by atoms with E-state index in [2.05, 4.69) is 104 Å². The third-order valence-electron chi connectivity index (χ3n) is 15.3. The number of aliphatic hydroxyl groups excluding tert-OH is 1. The number of allylic oxidation sites excluding steroid dienone is 15. The number of phosphoric acid groups is 1. The van der Waals surface area contributed by atoms with E-state index in [-0.39, 0.29) is 12.5 Å². The van der Waals surface area contributed by atoms with Gasteiger partial charge in [0.05, 0.1) is 39.9 Å². The molecule has 8 nitrogen and oxygen atoms in total. The molecule has 0 bridgehead atoms. The number of phosphoric ester groups is 1. The molecule has 0 saturated heterocycles. The lowest BCUT2D eigenvalue weighted by Crippen LogP contribution is -2.45. The molecule has 0 aromatic rings. The van der Waals surface area contributed by atoms with Crippen molar-refractivity contribution >= 4 is 13.7 Å². The Hall–Kier alpha value is -2.58. The molecule has 0 saturated carbocycles. The minimum Gasteiger partial charge on any atom is -0.756 e. The number of carbonyl (C=O) groups excluding carboxylic acids is 1. The maximum Gasteiger partial charge on any atom is 0.268 e. The maximum absolute atomic E-state index is 13.0. The van der Waals surface area contributed by atoms with E-state index in [4.69, 9.17) is 9.05 Å². The number of quaternary nitrogens is 1. The van der Waals surface area contributed by atoms with Crippen molar-refractivity contribution in [2.24, 2.45) is 0 Å². The van der Waals surface area contributed by atoms with Gasteiger partial charge in [-0.25, -0.2) is 0 Å². The molecule has 3 atom stereocenters. The summed E-state index contributed by atoms with van der Waals surface area (Å²) in [4.78, 5) is 25.6. The van der Waals surface area contributed by atoms with Crippen LogP contribution in [0.25, 0.3) is 0 Å². The second-order valence-corrected chi connectivity index (χ2v) is 25.9. The van der Waals surface area contributed by atoms with E-state index < -0.39 is 26.6 Å². The van der Waals surface area contributed by atoms with E-state index in [0.717, 1.165) is 77.0 Å². The Kier molecular flexibility index (Phi) is 61.0. The average Bonchev–Trinajstić information content (AvgIpc) is 3.47. The van der Waals surface area contributed by atoms with Crippen molar-refractivity contribution < 1.29 is 32.9 Å². The third-order valence-corrected chi connectivity index (χ3v) is 16.2. The van der Waals surface area contributed by atoms with Crippen LogP contribution in [0.3, 0.4) is 0 Å². The topological polar surface area (TPSA) is 108 Å². The molecule has 0 aliphatic rings. The van der Waals surface area contributed by atoms with E-state index in [0.29, 0.717) is 17.4 Å². The zero-order chi connectivity index (χ0) is 59.8. The maximum atomic E-state index is 13.0. The monoisotopic (exact) mass is 1160 g/mol. The molecule has 0 aromatic heterocycles. The van der Waals surface area contributed by atoms with Gasteiger partial charge in [0.1, 0.15) is 13.2 Å². The predicted molar refractivity (Wildman–Crippen MR) is 357 cm³/mol. The molecule has 1 amide bonds. The molecular formula is C73H133N2O6P. The van der Waals surface area contributed by atoms with Gasteiger partial charge in [-0.15, -0.1) is 0 Å². The number of likely N-dealkylation sites (N-methyl/N-ethyl adjacent to an activating group) is 1. The van der Waals surface area contributed by atoms with E-state index in [9.17, 15) is 19.4 Å². The van der Waals surface area contributed by atoms with Gasteiger partial charge >= 0.3 is 0 Å². The standard InChI is InChI=1S/C73H133N2O6P/c1-6-8-10-12-14-16-18-20-22-24-26-28-30-32-34-36-37-39-41-43-45-47-49-51-53-55-57-59-61-63-65-67-73(77)74-71(70-81-82(78,79)80-69-68-75(3,4)5)72(76)66-64-62-60-58-56-54-52-50-48-46-44-42-40-38-35-33-31-29-27-25-23-21-19-17-15-13-11-9-7-2/h8,10,14,16,20,22,26,28,32,34,37,39,56,58,64,66,71-72,76H,6-7,9,11-13,15,17-19,21,23-25,27,29-31,33,35-36,38,40-55,57,59-63,65,67-70H2,1-5H3,(H-,74,77,78,79)/b10-8-,16-14-,22-20-,28-26-,34-32-,39-37-,58-56+,66-64+. The number of unbranched alkanes of at least 4 members (excludes halogenated alkanes) is 36. The number of nitrogens with one attached hydrogen (secondary N) is 1. The van der Waals surface area contributed by atoms with Crippen LogP contribution in [-0.4, -0.2) is 68.5 Å². The molecule has 3 unspecified atom stereocenters. The van der Waals surface area contributed by atoms with Crippen molar-refractivity contribution in [1.82, 2.24) is 5.32 Å². The highest BCUT2D eigenvalue weighted by Crippen LogP contribution is 2.38. The van der Waals surface area contributed by atoms with E-state index in [1.807, 2.05) is 27.2 Å². The predicted octanol–water partition coefficient (Wildman–Crippen LogP) is 21.5. The van der Waals surface area contributed by atoms with Crippen molar-refractivity contribution in [3.05, 3.63) is 97.2 Å². The van der Waals surface area contributed by atoms with Crippen molar-refractivity contribution in [3.63, 3.8) is 0 Å². The van der Waals surface area contributed by atoms with Crippen LogP contribution in [0, 0.1) is 0 Å². The normalized spacial score (nSPS) is 14.3. The number of nitrogens with zero attached hydrogens (tertiary/aromatic N) is 1.